The van der Waals surface area contributed by atoms with Gasteiger partial charge in [0.05, 0.1) is 23.6 Å². The van der Waals surface area contributed by atoms with E-state index in [0.29, 0.717) is 40.5 Å². The zero-order valence-electron chi connectivity index (χ0n) is 20.2. The van der Waals surface area contributed by atoms with Gasteiger partial charge in [0.15, 0.2) is 5.52 Å². The Kier molecular flexibility index (Phi) is 6.22. The molecular weight excluding hydrogens is 442 g/mol. The van der Waals surface area contributed by atoms with Gasteiger partial charge < -0.3 is 19.9 Å². The molecule has 1 fully saturated rings. The Morgan fingerprint density at radius 1 is 1.17 bits per heavy atom. The molecule has 180 valence electrons. The maximum atomic E-state index is 12.9. The number of nitrogens with one attached hydrogen (secondary N) is 2. The van der Waals surface area contributed by atoms with Gasteiger partial charge in [-0.2, -0.15) is 5.10 Å². The van der Waals surface area contributed by atoms with Crippen LogP contribution in [-0.2, 0) is 7.05 Å². The molecule has 0 atom stereocenters. The summed E-state index contributed by atoms with van der Waals surface area (Å²) in [6.45, 7) is 6.18. The molecule has 0 amide bonds. The van der Waals surface area contributed by atoms with Gasteiger partial charge in [-0.3, -0.25) is 9.48 Å². The first-order valence-corrected chi connectivity index (χ1v) is 11.9. The number of aromatic amines is 1. The quantitative estimate of drug-likeness (QED) is 0.334. The number of para-hydroxylation sites is 1. The highest BCUT2D eigenvalue weighted by Crippen LogP contribution is 2.31. The van der Waals surface area contributed by atoms with E-state index >= 15 is 0 Å². The van der Waals surface area contributed by atoms with Crippen molar-refractivity contribution in [2.75, 3.05) is 25.0 Å². The van der Waals surface area contributed by atoms with Crippen molar-refractivity contribution in [2.45, 2.75) is 26.7 Å². The van der Waals surface area contributed by atoms with Crippen LogP contribution in [0.15, 0.2) is 58.3 Å². The lowest BCUT2D eigenvalue weighted by Gasteiger charge is -2.22. The third-order valence-electron chi connectivity index (χ3n) is 6.05. The van der Waals surface area contributed by atoms with E-state index in [-0.39, 0.29) is 5.56 Å². The van der Waals surface area contributed by atoms with E-state index in [1.807, 2.05) is 62.4 Å². The molecule has 1 aliphatic rings. The van der Waals surface area contributed by atoms with Crippen LogP contribution in [0.4, 0.5) is 11.4 Å². The zero-order valence-corrected chi connectivity index (χ0v) is 20.2. The SMILES string of the molecule is CCOc1ccc(NC(=Nc2ccccc2)N2CCCC2)cc1-c1nc2c(C)nn(C)c2c(=O)[nH]1. The Labute approximate surface area is 203 Å². The molecule has 35 heavy (non-hydrogen) atoms. The van der Waals surface area contributed by atoms with Crippen LogP contribution in [0.1, 0.15) is 25.5 Å². The molecule has 4 aromatic rings. The Hall–Kier alpha value is -4.14. The summed E-state index contributed by atoms with van der Waals surface area (Å²) in [5, 5.41) is 7.86. The van der Waals surface area contributed by atoms with Crippen LogP contribution < -0.4 is 15.6 Å². The van der Waals surface area contributed by atoms with Crippen molar-refractivity contribution >= 4 is 28.4 Å². The molecule has 2 aromatic carbocycles. The van der Waals surface area contributed by atoms with Gasteiger partial charge in [0.1, 0.15) is 17.1 Å². The summed E-state index contributed by atoms with van der Waals surface area (Å²) >= 11 is 0. The lowest BCUT2D eigenvalue weighted by atomic mass is 10.1. The molecule has 2 aromatic heterocycles. The predicted molar refractivity (Wildman–Crippen MR) is 138 cm³/mol. The van der Waals surface area contributed by atoms with Crippen LogP contribution in [0.3, 0.4) is 0 Å². The third-order valence-corrected chi connectivity index (χ3v) is 6.05. The van der Waals surface area contributed by atoms with Gasteiger partial charge in [0.25, 0.3) is 5.56 Å². The standard InChI is InChI=1S/C26H29N7O2/c1-4-35-21-13-12-19(28-26(33-14-8-9-15-33)27-18-10-6-5-7-11-18)16-20(21)24-29-22-17(2)31-32(3)23(22)25(34)30-24/h5-7,10-13,16H,4,8-9,14-15H2,1-3H3,(H,27,28)(H,29,30,34). The van der Waals surface area contributed by atoms with E-state index in [2.05, 4.69) is 20.3 Å². The predicted octanol–water partition coefficient (Wildman–Crippen LogP) is 4.23. The Bertz CT molecular complexity index is 1430. The number of guanidine groups is 1. The summed E-state index contributed by atoms with van der Waals surface area (Å²) in [7, 11) is 1.74. The highest BCUT2D eigenvalue weighted by atomic mass is 16.5. The number of likely N-dealkylation sites (tertiary alicyclic amines) is 1. The first-order chi connectivity index (χ1) is 17.0. The molecule has 0 spiro atoms. The Morgan fingerprint density at radius 2 is 1.94 bits per heavy atom. The van der Waals surface area contributed by atoms with Crippen molar-refractivity contribution in [3.8, 4) is 17.1 Å². The van der Waals surface area contributed by atoms with Crippen LogP contribution in [-0.4, -0.2) is 50.3 Å². The number of anilines is 1. The molecule has 5 rings (SSSR count). The number of aliphatic imine (C=N–C) groups is 1. The number of aryl methyl sites for hydroxylation is 2. The second-order valence-corrected chi connectivity index (χ2v) is 8.55. The minimum Gasteiger partial charge on any atom is -0.493 e. The van der Waals surface area contributed by atoms with Gasteiger partial charge in [-0.05, 0) is 57.0 Å². The van der Waals surface area contributed by atoms with E-state index in [1.54, 1.807) is 11.7 Å². The molecule has 0 aliphatic carbocycles. The smallest absolute Gasteiger partial charge is 0.277 e. The summed E-state index contributed by atoms with van der Waals surface area (Å²) in [4.78, 5) is 27.7. The molecule has 9 heteroatoms. The number of nitrogens with zero attached hydrogens (tertiary/aromatic N) is 5. The minimum absolute atomic E-state index is 0.239. The average Bonchev–Trinajstić information content (AvgIpc) is 3.49. The number of H-pyrrole nitrogens is 1. The molecule has 9 nitrogen and oxygen atoms in total. The Balaban J connectivity index is 1.57. The maximum Gasteiger partial charge on any atom is 0.277 e. The van der Waals surface area contributed by atoms with Gasteiger partial charge in [0, 0.05) is 25.8 Å². The molecular formula is C26H29N7O2. The number of hydrogen-bond donors (Lipinski definition) is 2. The van der Waals surface area contributed by atoms with Gasteiger partial charge >= 0.3 is 0 Å². The zero-order chi connectivity index (χ0) is 24.4. The van der Waals surface area contributed by atoms with Gasteiger partial charge in [-0.15, -0.1) is 0 Å². The molecule has 1 aliphatic heterocycles. The van der Waals surface area contributed by atoms with E-state index in [1.165, 1.54) is 0 Å². The second kappa shape index (κ2) is 9.61. The third kappa shape index (κ3) is 4.62. The summed E-state index contributed by atoms with van der Waals surface area (Å²) in [5.74, 6) is 1.88. The minimum atomic E-state index is -0.239. The van der Waals surface area contributed by atoms with E-state index in [4.69, 9.17) is 14.7 Å². The van der Waals surface area contributed by atoms with Crippen LogP contribution in [0.2, 0.25) is 0 Å². The topological polar surface area (TPSA) is 100 Å². The van der Waals surface area contributed by atoms with Gasteiger partial charge in [-0.1, -0.05) is 18.2 Å². The van der Waals surface area contributed by atoms with Gasteiger partial charge in [0.2, 0.25) is 5.96 Å². The number of aromatic nitrogens is 4. The summed E-state index contributed by atoms with van der Waals surface area (Å²) in [6.07, 6.45) is 2.28. The summed E-state index contributed by atoms with van der Waals surface area (Å²) in [5.41, 5.74) is 3.90. The molecule has 1 saturated heterocycles. The van der Waals surface area contributed by atoms with E-state index < -0.39 is 0 Å². The van der Waals surface area contributed by atoms with Crippen molar-refractivity contribution in [2.24, 2.45) is 12.0 Å². The highest BCUT2D eigenvalue weighted by Gasteiger charge is 2.19. The number of rotatable bonds is 5. The lowest BCUT2D eigenvalue weighted by Crippen LogP contribution is -2.33. The first kappa shape index (κ1) is 22.6. The molecule has 0 bridgehead atoms. The molecule has 0 unspecified atom stereocenters. The molecule has 0 saturated carbocycles. The van der Waals surface area contributed by atoms with Crippen LogP contribution in [0.5, 0.6) is 5.75 Å². The average molecular weight is 472 g/mol. The maximum absolute atomic E-state index is 12.9. The van der Waals surface area contributed by atoms with Crippen molar-refractivity contribution in [3.05, 3.63) is 64.6 Å². The van der Waals surface area contributed by atoms with E-state index in [9.17, 15) is 4.79 Å². The lowest BCUT2D eigenvalue weighted by molar-refractivity contribution is 0.341. The summed E-state index contributed by atoms with van der Waals surface area (Å²) < 4.78 is 7.44. The number of fused-ring (bicyclic) bond motifs is 1. The van der Waals surface area contributed by atoms with Crippen LogP contribution in [0.25, 0.3) is 22.4 Å². The Morgan fingerprint density at radius 3 is 2.69 bits per heavy atom. The largest absolute Gasteiger partial charge is 0.493 e. The fourth-order valence-electron chi connectivity index (χ4n) is 4.40. The van der Waals surface area contributed by atoms with E-state index in [0.717, 1.165) is 43.3 Å². The second-order valence-electron chi connectivity index (χ2n) is 8.55. The fourth-order valence-corrected chi connectivity index (χ4v) is 4.40. The molecule has 2 N–H and O–H groups in total. The van der Waals surface area contributed by atoms with Crippen molar-refractivity contribution in [1.82, 2.24) is 24.6 Å². The first-order valence-electron chi connectivity index (χ1n) is 11.9. The normalized spacial score (nSPS) is 14.0. The molecule has 0 radical (unpaired) electrons. The van der Waals surface area contributed by atoms with Crippen LogP contribution >= 0.6 is 0 Å². The highest BCUT2D eigenvalue weighted by molar-refractivity contribution is 5.96. The fraction of sp³-hybridized carbons (Fsp3) is 0.308. The number of ether oxygens (including phenoxy) is 1. The monoisotopic (exact) mass is 471 g/mol. The number of hydrogen-bond acceptors (Lipinski definition) is 5. The van der Waals surface area contributed by atoms with Crippen LogP contribution in [0, 0.1) is 6.92 Å². The van der Waals surface area contributed by atoms with Crippen molar-refractivity contribution < 1.29 is 4.74 Å². The molecule has 3 heterocycles. The summed E-state index contributed by atoms with van der Waals surface area (Å²) in [6, 6.07) is 15.7. The van der Waals surface area contributed by atoms with Crippen molar-refractivity contribution in [3.63, 3.8) is 0 Å². The number of benzene rings is 2. The van der Waals surface area contributed by atoms with Crippen molar-refractivity contribution in [1.29, 1.82) is 0 Å². The van der Waals surface area contributed by atoms with Gasteiger partial charge in [-0.25, -0.2) is 9.98 Å².